The summed E-state index contributed by atoms with van der Waals surface area (Å²) in [6.07, 6.45) is 2.20. The fourth-order valence-corrected chi connectivity index (χ4v) is 2.20. The Morgan fingerprint density at radius 2 is 2.06 bits per heavy atom. The first kappa shape index (κ1) is 11.7. The predicted octanol–water partition coefficient (Wildman–Crippen LogP) is 2.99. The largest absolute Gasteiger partial charge is 0.381 e. The Labute approximate surface area is 100 Å². The van der Waals surface area contributed by atoms with E-state index < -0.39 is 0 Å². The topological polar surface area (TPSA) is 15.3 Å². The zero-order valence-electron chi connectivity index (χ0n) is 9.34. The fourth-order valence-electron chi connectivity index (χ4n) is 1.98. The molecule has 2 rings (SSSR count). The van der Waals surface area contributed by atoms with E-state index in [9.17, 15) is 4.39 Å². The number of rotatable bonds is 2. The van der Waals surface area contributed by atoms with Crippen LogP contribution in [0.5, 0.6) is 0 Å². The van der Waals surface area contributed by atoms with E-state index >= 15 is 0 Å². The highest BCUT2D eigenvalue weighted by molar-refractivity contribution is 6.33. The van der Waals surface area contributed by atoms with Crippen LogP contribution < -0.4 is 5.32 Å². The monoisotopic (exact) mass is 242 g/mol. The minimum atomic E-state index is -0.293. The molecule has 1 saturated heterocycles. The van der Waals surface area contributed by atoms with Crippen molar-refractivity contribution in [2.75, 3.05) is 25.5 Å². The predicted molar refractivity (Wildman–Crippen MR) is 65.6 cm³/mol. The summed E-state index contributed by atoms with van der Waals surface area (Å²) in [5, 5.41) is 3.83. The highest BCUT2D eigenvalue weighted by Gasteiger charge is 2.17. The van der Waals surface area contributed by atoms with E-state index in [4.69, 9.17) is 11.6 Å². The molecule has 0 unspecified atom stereocenters. The van der Waals surface area contributed by atoms with Gasteiger partial charge in [0.25, 0.3) is 0 Å². The van der Waals surface area contributed by atoms with E-state index in [2.05, 4.69) is 17.3 Å². The summed E-state index contributed by atoms with van der Waals surface area (Å²) in [4.78, 5) is 2.31. The Kier molecular flexibility index (Phi) is 3.66. The third-order valence-corrected chi connectivity index (χ3v) is 3.32. The van der Waals surface area contributed by atoms with E-state index in [0.29, 0.717) is 11.1 Å². The van der Waals surface area contributed by atoms with Crippen molar-refractivity contribution in [2.45, 2.75) is 18.9 Å². The van der Waals surface area contributed by atoms with Crippen molar-refractivity contribution in [3.8, 4) is 0 Å². The molecule has 2 nitrogen and oxygen atoms in total. The lowest BCUT2D eigenvalue weighted by Gasteiger charge is -2.30. The smallest absolute Gasteiger partial charge is 0.124 e. The van der Waals surface area contributed by atoms with Crippen molar-refractivity contribution >= 4 is 17.3 Å². The van der Waals surface area contributed by atoms with Crippen molar-refractivity contribution in [2.24, 2.45) is 0 Å². The number of benzene rings is 1. The number of anilines is 1. The van der Waals surface area contributed by atoms with Crippen LogP contribution in [0.15, 0.2) is 18.2 Å². The highest BCUT2D eigenvalue weighted by atomic mass is 35.5. The van der Waals surface area contributed by atoms with Crippen molar-refractivity contribution in [3.63, 3.8) is 0 Å². The van der Waals surface area contributed by atoms with Crippen molar-refractivity contribution in [3.05, 3.63) is 29.0 Å². The Morgan fingerprint density at radius 3 is 2.69 bits per heavy atom. The van der Waals surface area contributed by atoms with Gasteiger partial charge in [0.1, 0.15) is 5.82 Å². The second-order valence-corrected chi connectivity index (χ2v) is 4.75. The zero-order valence-corrected chi connectivity index (χ0v) is 10.1. The molecular formula is C12H16ClFN2. The van der Waals surface area contributed by atoms with E-state index in [1.165, 1.54) is 12.1 Å². The molecule has 1 heterocycles. The van der Waals surface area contributed by atoms with Gasteiger partial charge in [-0.05, 0) is 51.2 Å². The van der Waals surface area contributed by atoms with Crippen LogP contribution in [0, 0.1) is 5.82 Å². The molecule has 16 heavy (non-hydrogen) atoms. The molecule has 1 N–H and O–H groups in total. The van der Waals surface area contributed by atoms with Gasteiger partial charge < -0.3 is 10.2 Å². The maximum atomic E-state index is 12.9. The van der Waals surface area contributed by atoms with E-state index in [1.54, 1.807) is 6.07 Å². The van der Waals surface area contributed by atoms with Gasteiger partial charge in [-0.15, -0.1) is 0 Å². The highest BCUT2D eigenvalue weighted by Crippen LogP contribution is 2.25. The normalized spacial score (nSPS) is 18.7. The maximum absolute atomic E-state index is 12.9. The lowest BCUT2D eigenvalue weighted by atomic mass is 10.1. The first-order chi connectivity index (χ1) is 7.65. The van der Waals surface area contributed by atoms with Gasteiger partial charge in [-0.3, -0.25) is 0 Å². The molecule has 1 aliphatic heterocycles. The van der Waals surface area contributed by atoms with Crippen molar-refractivity contribution < 1.29 is 4.39 Å². The van der Waals surface area contributed by atoms with Gasteiger partial charge >= 0.3 is 0 Å². The van der Waals surface area contributed by atoms with E-state index in [0.717, 1.165) is 31.6 Å². The van der Waals surface area contributed by atoms with Crippen LogP contribution in [0.25, 0.3) is 0 Å². The summed E-state index contributed by atoms with van der Waals surface area (Å²) < 4.78 is 12.9. The maximum Gasteiger partial charge on any atom is 0.124 e. The Hall–Kier alpha value is -0.800. The average Bonchev–Trinajstić information content (AvgIpc) is 2.25. The lowest BCUT2D eigenvalue weighted by molar-refractivity contribution is 0.264. The minimum Gasteiger partial charge on any atom is -0.381 e. The summed E-state index contributed by atoms with van der Waals surface area (Å²) in [7, 11) is 2.13. The first-order valence-electron chi connectivity index (χ1n) is 5.55. The standard InChI is InChI=1S/C12H16ClFN2/c1-16-6-4-10(5-7-16)15-12-3-2-9(14)8-11(12)13/h2-3,8,10,15H,4-7H2,1H3. The Balaban J connectivity index is 1.98. The molecule has 1 aliphatic rings. The molecule has 1 fully saturated rings. The van der Waals surface area contributed by atoms with Crippen LogP contribution in [0.4, 0.5) is 10.1 Å². The number of piperidine rings is 1. The van der Waals surface area contributed by atoms with Gasteiger partial charge in [0.05, 0.1) is 10.7 Å². The van der Waals surface area contributed by atoms with Crippen molar-refractivity contribution in [1.29, 1.82) is 0 Å². The fraction of sp³-hybridized carbons (Fsp3) is 0.500. The van der Waals surface area contributed by atoms with E-state index in [-0.39, 0.29) is 5.82 Å². The second kappa shape index (κ2) is 5.02. The summed E-state index contributed by atoms with van der Waals surface area (Å²) in [5.74, 6) is -0.293. The molecule has 0 saturated carbocycles. The number of nitrogens with one attached hydrogen (secondary N) is 1. The zero-order chi connectivity index (χ0) is 11.5. The third kappa shape index (κ3) is 2.86. The lowest BCUT2D eigenvalue weighted by Crippen LogP contribution is -2.36. The quantitative estimate of drug-likeness (QED) is 0.858. The van der Waals surface area contributed by atoms with Crippen LogP contribution in [0.1, 0.15) is 12.8 Å². The molecule has 0 radical (unpaired) electrons. The molecule has 0 aliphatic carbocycles. The average molecular weight is 243 g/mol. The van der Waals surface area contributed by atoms with Gasteiger partial charge in [0, 0.05) is 6.04 Å². The van der Waals surface area contributed by atoms with Gasteiger partial charge in [-0.2, -0.15) is 0 Å². The third-order valence-electron chi connectivity index (χ3n) is 3.01. The molecule has 88 valence electrons. The Bertz CT molecular complexity index is 362. The number of hydrogen-bond acceptors (Lipinski definition) is 2. The number of nitrogens with zero attached hydrogens (tertiary/aromatic N) is 1. The van der Waals surface area contributed by atoms with Crippen LogP contribution in [0.2, 0.25) is 5.02 Å². The number of likely N-dealkylation sites (tertiary alicyclic amines) is 1. The Morgan fingerprint density at radius 1 is 1.38 bits per heavy atom. The van der Waals surface area contributed by atoms with Gasteiger partial charge in [-0.1, -0.05) is 11.6 Å². The molecule has 4 heteroatoms. The number of halogens is 2. The summed E-state index contributed by atoms with van der Waals surface area (Å²) in [6.45, 7) is 2.19. The molecule has 0 atom stereocenters. The van der Waals surface area contributed by atoms with Crippen molar-refractivity contribution in [1.82, 2.24) is 4.90 Å². The summed E-state index contributed by atoms with van der Waals surface area (Å²) >= 11 is 5.96. The molecule has 0 bridgehead atoms. The molecule has 0 spiro atoms. The summed E-state index contributed by atoms with van der Waals surface area (Å²) in [5.41, 5.74) is 0.831. The molecular weight excluding hydrogens is 227 g/mol. The first-order valence-corrected chi connectivity index (χ1v) is 5.93. The van der Waals surface area contributed by atoms with E-state index in [1.807, 2.05) is 0 Å². The van der Waals surface area contributed by atoms with Crippen LogP contribution in [-0.4, -0.2) is 31.1 Å². The molecule has 0 amide bonds. The van der Waals surface area contributed by atoms with Crippen LogP contribution in [0.3, 0.4) is 0 Å². The second-order valence-electron chi connectivity index (χ2n) is 4.35. The van der Waals surface area contributed by atoms with Crippen LogP contribution in [-0.2, 0) is 0 Å². The van der Waals surface area contributed by atoms with Gasteiger partial charge in [-0.25, -0.2) is 4.39 Å². The minimum absolute atomic E-state index is 0.293. The molecule has 1 aromatic carbocycles. The number of hydrogen-bond donors (Lipinski definition) is 1. The molecule has 0 aromatic heterocycles. The van der Waals surface area contributed by atoms with Gasteiger partial charge in [0.2, 0.25) is 0 Å². The summed E-state index contributed by atoms with van der Waals surface area (Å²) in [6, 6.07) is 4.93. The SMILES string of the molecule is CN1CCC(Nc2ccc(F)cc2Cl)CC1. The van der Waals surface area contributed by atoms with Gasteiger partial charge in [0.15, 0.2) is 0 Å². The van der Waals surface area contributed by atoms with Crippen LogP contribution >= 0.6 is 11.6 Å². The molecule has 1 aromatic rings.